The number of nitrogens with zero attached hydrogens (tertiary/aromatic N) is 5. The maximum Gasteiger partial charge on any atom is 0.164 e. The predicted octanol–water partition coefficient (Wildman–Crippen LogP) is 14.6. The first-order valence-electron chi connectivity index (χ1n) is 21.2. The van der Waals surface area contributed by atoms with Crippen molar-refractivity contribution in [1.29, 1.82) is 0 Å². The second kappa shape index (κ2) is 14.0. The van der Waals surface area contributed by atoms with Crippen LogP contribution in [0.4, 0.5) is 0 Å². The summed E-state index contributed by atoms with van der Waals surface area (Å²) in [7, 11) is 0. The molecule has 13 aromatic rings. The molecule has 0 atom stereocenters. The van der Waals surface area contributed by atoms with Crippen molar-refractivity contribution in [3.05, 3.63) is 212 Å². The first-order valence-corrected chi connectivity index (χ1v) is 21.2. The minimum absolute atomic E-state index is 0.615. The van der Waals surface area contributed by atoms with E-state index in [9.17, 15) is 0 Å². The normalized spacial score (nSPS) is 11.8. The summed E-state index contributed by atoms with van der Waals surface area (Å²) in [5.74, 6) is 1.87. The lowest BCUT2D eigenvalue weighted by molar-refractivity contribution is 0.669. The SMILES string of the molecule is c1ccc(-c2cccc(-c3nc(-c4ccccc4)nc(-c4ccc(-n5c6ccccc6c6cc7oc8cc(-n9c%10ccccc%10c%10ccccc%109)ccc8c7cc65)cc4)n3)c2)cc1. The average Bonchev–Trinajstić information content (AvgIpc) is 4.00. The Morgan fingerprint density at radius 1 is 0.270 bits per heavy atom. The van der Waals surface area contributed by atoms with Gasteiger partial charge in [-0.1, -0.05) is 133 Å². The van der Waals surface area contributed by atoms with Gasteiger partial charge in [-0.2, -0.15) is 0 Å². The van der Waals surface area contributed by atoms with E-state index in [1.54, 1.807) is 0 Å². The molecule has 0 aliphatic carbocycles. The van der Waals surface area contributed by atoms with Gasteiger partial charge in [0.2, 0.25) is 0 Å². The number of rotatable bonds is 6. The van der Waals surface area contributed by atoms with Crippen LogP contribution >= 0.6 is 0 Å². The topological polar surface area (TPSA) is 61.7 Å². The van der Waals surface area contributed by atoms with Gasteiger partial charge in [0.15, 0.2) is 17.5 Å². The fourth-order valence-electron chi connectivity index (χ4n) is 9.42. The second-order valence-corrected chi connectivity index (χ2v) is 16.0. The van der Waals surface area contributed by atoms with E-state index in [1.807, 2.05) is 36.4 Å². The van der Waals surface area contributed by atoms with Gasteiger partial charge in [-0.3, -0.25) is 0 Å². The maximum atomic E-state index is 6.72. The van der Waals surface area contributed by atoms with Crippen LogP contribution in [0.5, 0.6) is 0 Å². The van der Waals surface area contributed by atoms with Crippen LogP contribution in [0.3, 0.4) is 0 Å². The molecule has 0 fully saturated rings. The highest BCUT2D eigenvalue weighted by atomic mass is 16.3. The Kier molecular flexibility index (Phi) is 7.80. The van der Waals surface area contributed by atoms with Crippen LogP contribution in [0.15, 0.2) is 217 Å². The molecule has 4 heterocycles. The van der Waals surface area contributed by atoms with Crippen LogP contribution in [0.25, 0.3) is 122 Å². The summed E-state index contributed by atoms with van der Waals surface area (Å²) in [6.07, 6.45) is 0. The summed E-state index contributed by atoms with van der Waals surface area (Å²) in [5, 5.41) is 6.93. The van der Waals surface area contributed by atoms with Gasteiger partial charge in [0, 0.05) is 66.4 Å². The van der Waals surface area contributed by atoms with Crippen LogP contribution < -0.4 is 0 Å². The minimum atomic E-state index is 0.615. The average molecular weight is 806 g/mol. The van der Waals surface area contributed by atoms with E-state index < -0.39 is 0 Å². The Morgan fingerprint density at radius 2 is 0.746 bits per heavy atom. The summed E-state index contributed by atoms with van der Waals surface area (Å²) < 4.78 is 11.4. The summed E-state index contributed by atoms with van der Waals surface area (Å²) >= 11 is 0. The smallest absolute Gasteiger partial charge is 0.164 e. The molecule has 0 aliphatic rings. The number of fused-ring (bicyclic) bond motifs is 9. The first kappa shape index (κ1) is 35.2. The number of hydrogen-bond acceptors (Lipinski definition) is 4. The fraction of sp³-hybridized carbons (Fsp3) is 0. The van der Waals surface area contributed by atoms with E-state index >= 15 is 0 Å². The molecule has 0 radical (unpaired) electrons. The quantitative estimate of drug-likeness (QED) is 0.168. The molecule has 9 aromatic carbocycles. The molecular weight excluding hydrogens is 771 g/mol. The van der Waals surface area contributed by atoms with Gasteiger partial charge in [-0.15, -0.1) is 0 Å². The Labute approximate surface area is 361 Å². The molecule has 63 heavy (non-hydrogen) atoms. The standard InChI is InChI=1S/C57H35N5O/c1-3-14-36(15-4-1)39-18-13-19-40(32-39)57-59-55(37-16-5-2-6-17-37)58-56(60-57)38-26-28-41(29-27-38)61-51-25-12-9-22-45(51)47-35-54-48(34-52(47)61)46-31-30-42(33-53(46)63-54)62-49-23-10-7-20-43(49)44-21-8-11-24-50(44)62/h1-35H. The molecule has 13 rings (SSSR count). The minimum Gasteiger partial charge on any atom is -0.456 e. The van der Waals surface area contributed by atoms with Crippen molar-refractivity contribution >= 4 is 65.6 Å². The fourth-order valence-corrected chi connectivity index (χ4v) is 9.42. The molecule has 0 aliphatic heterocycles. The van der Waals surface area contributed by atoms with Gasteiger partial charge < -0.3 is 13.6 Å². The molecule has 0 bridgehead atoms. The van der Waals surface area contributed by atoms with Crippen LogP contribution in [-0.4, -0.2) is 24.1 Å². The highest BCUT2D eigenvalue weighted by molar-refractivity contribution is 6.17. The monoisotopic (exact) mass is 805 g/mol. The van der Waals surface area contributed by atoms with Gasteiger partial charge in [-0.05, 0) is 83.9 Å². The van der Waals surface area contributed by atoms with Crippen molar-refractivity contribution in [2.75, 3.05) is 0 Å². The molecule has 6 heteroatoms. The van der Waals surface area contributed by atoms with Gasteiger partial charge in [-0.25, -0.2) is 15.0 Å². The molecule has 0 amide bonds. The Hall–Kier alpha value is -8.61. The number of hydrogen-bond donors (Lipinski definition) is 0. The second-order valence-electron chi connectivity index (χ2n) is 16.0. The third kappa shape index (κ3) is 5.69. The van der Waals surface area contributed by atoms with Crippen molar-refractivity contribution < 1.29 is 4.42 Å². The predicted molar refractivity (Wildman–Crippen MR) is 258 cm³/mol. The molecule has 0 unspecified atom stereocenters. The van der Waals surface area contributed by atoms with Crippen molar-refractivity contribution in [2.24, 2.45) is 0 Å². The molecule has 0 N–H and O–H groups in total. The summed E-state index contributed by atoms with van der Waals surface area (Å²) in [5.41, 5.74) is 13.4. The third-order valence-corrected chi connectivity index (χ3v) is 12.4. The Morgan fingerprint density at radius 3 is 1.40 bits per heavy atom. The lowest BCUT2D eigenvalue weighted by atomic mass is 10.0. The van der Waals surface area contributed by atoms with Crippen molar-refractivity contribution in [3.8, 4) is 56.7 Å². The van der Waals surface area contributed by atoms with Crippen LogP contribution in [0, 0.1) is 0 Å². The lowest BCUT2D eigenvalue weighted by Gasteiger charge is -2.11. The van der Waals surface area contributed by atoms with Gasteiger partial charge >= 0.3 is 0 Å². The maximum absolute atomic E-state index is 6.72. The number of aromatic nitrogens is 5. The van der Waals surface area contributed by atoms with E-state index in [4.69, 9.17) is 19.4 Å². The van der Waals surface area contributed by atoms with E-state index in [0.29, 0.717) is 17.5 Å². The van der Waals surface area contributed by atoms with Crippen LogP contribution in [0.2, 0.25) is 0 Å². The van der Waals surface area contributed by atoms with Crippen molar-refractivity contribution in [1.82, 2.24) is 24.1 Å². The zero-order chi connectivity index (χ0) is 41.4. The van der Waals surface area contributed by atoms with Crippen molar-refractivity contribution in [2.45, 2.75) is 0 Å². The van der Waals surface area contributed by atoms with Crippen molar-refractivity contribution in [3.63, 3.8) is 0 Å². The van der Waals surface area contributed by atoms with Gasteiger partial charge in [0.1, 0.15) is 11.2 Å². The third-order valence-electron chi connectivity index (χ3n) is 12.4. The molecule has 0 saturated carbocycles. The molecule has 4 aromatic heterocycles. The van der Waals surface area contributed by atoms with Crippen LogP contribution in [-0.2, 0) is 0 Å². The summed E-state index contributed by atoms with van der Waals surface area (Å²) in [6.45, 7) is 0. The molecule has 294 valence electrons. The molecule has 0 spiro atoms. The lowest BCUT2D eigenvalue weighted by Crippen LogP contribution is -2.00. The summed E-state index contributed by atoms with van der Waals surface area (Å²) in [6, 6.07) is 74.4. The van der Waals surface area contributed by atoms with Crippen LogP contribution in [0.1, 0.15) is 0 Å². The highest BCUT2D eigenvalue weighted by Gasteiger charge is 2.19. The number of furan rings is 1. The first-order chi connectivity index (χ1) is 31.2. The van der Waals surface area contributed by atoms with E-state index in [0.717, 1.165) is 82.9 Å². The Bertz CT molecular complexity index is 3850. The molecule has 6 nitrogen and oxygen atoms in total. The highest BCUT2D eigenvalue weighted by Crippen LogP contribution is 2.40. The number of para-hydroxylation sites is 3. The Balaban J connectivity index is 0.929. The van der Waals surface area contributed by atoms with E-state index in [1.165, 1.54) is 21.8 Å². The van der Waals surface area contributed by atoms with E-state index in [2.05, 4.69) is 185 Å². The molecular formula is C57H35N5O. The zero-order valence-corrected chi connectivity index (χ0v) is 33.9. The largest absolute Gasteiger partial charge is 0.456 e. The summed E-state index contributed by atoms with van der Waals surface area (Å²) in [4.78, 5) is 15.1. The molecule has 0 saturated heterocycles. The zero-order valence-electron chi connectivity index (χ0n) is 33.9. The number of benzene rings is 9. The van der Waals surface area contributed by atoms with Gasteiger partial charge in [0.25, 0.3) is 0 Å². The van der Waals surface area contributed by atoms with E-state index in [-0.39, 0.29) is 0 Å². The van der Waals surface area contributed by atoms with Gasteiger partial charge in [0.05, 0.1) is 22.1 Å².